The zero-order chi connectivity index (χ0) is 11.8. The second kappa shape index (κ2) is 3.77. The lowest BCUT2D eigenvalue weighted by Crippen LogP contribution is -2.43. The quantitative estimate of drug-likeness (QED) is 0.777. The number of aromatic nitrogens is 1. The van der Waals surface area contributed by atoms with E-state index in [-0.39, 0.29) is 17.0 Å². The minimum absolute atomic E-state index is 0.0831. The number of carbonyl (C=O) groups excluding carboxylic acids is 1. The Morgan fingerprint density at radius 3 is 2.75 bits per heavy atom. The van der Waals surface area contributed by atoms with E-state index in [0.717, 1.165) is 19.4 Å². The van der Waals surface area contributed by atoms with E-state index in [1.54, 1.807) is 12.1 Å². The van der Waals surface area contributed by atoms with Gasteiger partial charge in [0.25, 0.3) is 5.91 Å². The fourth-order valence-corrected chi connectivity index (χ4v) is 2.20. The first-order chi connectivity index (χ1) is 7.50. The van der Waals surface area contributed by atoms with Crippen molar-refractivity contribution in [2.45, 2.75) is 32.2 Å². The largest absolute Gasteiger partial charge is 0.332 e. The number of H-pyrrole nitrogens is 1. The molecule has 16 heavy (non-hydrogen) atoms. The second-order valence-corrected chi connectivity index (χ2v) is 4.80. The van der Waals surface area contributed by atoms with Gasteiger partial charge in [0.05, 0.1) is 0 Å². The molecule has 4 nitrogen and oxygen atoms in total. The van der Waals surface area contributed by atoms with Crippen LogP contribution in [-0.4, -0.2) is 27.9 Å². The van der Waals surface area contributed by atoms with Crippen molar-refractivity contribution in [1.29, 1.82) is 0 Å². The Bertz CT molecular complexity index is 462. The van der Waals surface area contributed by atoms with E-state index in [1.807, 2.05) is 4.90 Å². The molecule has 1 amide bonds. The van der Waals surface area contributed by atoms with E-state index in [0.29, 0.717) is 5.69 Å². The number of nitrogens with zero attached hydrogens (tertiary/aromatic N) is 1. The third-order valence-corrected chi connectivity index (χ3v) is 3.14. The van der Waals surface area contributed by atoms with E-state index in [1.165, 1.54) is 6.07 Å². The summed E-state index contributed by atoms with van der Waals surface area (Å²) in [5.41, 5.74) is 0.0365. The van der Waals surface area contributed by atoms with Gasteiger partial charge in [0, 0.05) is 18.2 Å². The molecule has 1 N–H and O–H groups in total. The minimum Gasteiger partial charge on any atom is -0.332 e. The highest BCUT2D eigenvalue weighted by Gasteiger charge is 2.35. The predicted octanol–water partition coefficient (Wildman–Crippen LogP) is 1.39. The van der Waals surface area contributed by atoms with Gasteiger partial charge in [-0.25, -0.2) is 0 Å². The van der Waals surface area contributed by atoms with Crippen LogP contribution >= 0.6 is 0 Å². The predicted molar refractivity (Wildman–Crippen MR) is 61.4 cm³/mol. The molecule has 1 aliphatic rings. The summed E-state index contributed by atoms with van der Waals surface area (Å²) in [6, 6.07) is 4.67. The highest BCUT2D eigenvalue weighted by Crippen LogP contribution is 2.29. The van der Waals surface area contributed by atoms with Crippen LogP contribution in [0.1, 0.15) is 37.2 Å². The van der Waals surface area contributed by atoms with Gasteiger partial charge in [0.2, 0.25) is 5.56 Å². The molecule has 1 aromatic rings. The molecular weight excluding hydrogens is 204 g/mol. The summed E-state index contributed by atoms with van der Waals surface area (Å²) in [4.78, 5) is 27.7. The van der Waals surface area contributed by atoms with Gasteiger partial charge in [0.15, 0.2) is 0 Å². The van der Waals surface area contributed by atoms with Gasteiger partial charge in [0.1, 0.15) is 5.69 Å². The van der Waals surface area contributed by atoms with Crippen LogP contribution in [0.4, 0.5) is 0 Å². The monoisotopic (exact) mass is 220 g/mol. The van der Waals surface area contributed by atoms with Crippen LogP contribution < -0.4 is 5.56 Å². The van der Waals surface area contributed by atoms with Crippen LogP contribution in [0, 0.1) is 0 Å². The summed E-state index contributed by atoms with van der Waals surface area (Å²) < 4.78 is 0. The minimum atomic E-state index is -0.233. The molecule has 86 valence electrons. The van der Waals surface area contributed by atoms with Gasteiger partial charge >= 0.3 is 0 Å². The molecule has 0 atom stereocenters. The number of amides is 1. The van der Waals surface area contributed by atoms with Crippen molar-refractivity contribution in [3.05, 3.63) is 34.2 Å². The van der Waals surface area contributed by atoms with E-state index < -0.39 is 0 Å². The second-order valence-electron chi connectivity index (χ2n) is 4.80. The number of pyridine rings is 1. The maximum Gasteiger partial charge on any atom is 0.270 e. The summed E-state index contributed by atoms with van der Waals surface area (Å²) in [5, 5.41) is 0. The normalized spacial score (nSPS) is 18.8. The molecule has 1 aliphatic heterocycles. The molecule has 1 saturated heterocycles. The third-order valence-electron chi connectivity index (χ3n) is 3.14. The Balaban J connectivity index is 2.29. The van der Waals surface area contributed by atoms with Gasteiger partial charge in [-0.3, -0.25) is 9.59 Å². The number of nitrogens with one attached hydrogen (secondary N) is 1. The lowest BCUT2D eigenvalue weighted by Gasteiger charge is -2.31. The zero-order valence-corrected chi connectivity index (χ0v) is 9.62. The van der Waals surface area contributed by atoms with Crippen LogP contribution in [0.25, 0.3) is 0 Å². The summed E-state index contributed by atoms with van der Waals surface area (Å²) in [7, 11) is 0. The SMILES string of the molecule is CC1(C)CCCN1C(=O)c1cccc(=O)[nH]1. The fraction of sp³-hybridized carbons (Fsp3) is 0.500. The molecule has 0 aromatic carbocycles. The highest BCUT2D eigenvalue weighted by atomic mass is 16.2. The summed E-state index contributed by atoms with van der Waals surface area (Å²) in [5.74, 6) is -0.0831. The molecular formula is C12H16N2O2. The molecule has 0 aliphatic carbocycles. The average Bonchev–Trinajstić information content (AvgIpc) is 2.57. The molecule has 0 radical (unpaired) electrons. The Hall–Kier alpha value is -1.58. The van der Waals surface area contributed by atoms with Crippen LogP contribution in [0.3, 0.4) is 0 Å². The Morgan fingerprint density at radius 1 is 1.44 bits per heavy atom. The molecule has 2 heterocycles. The maximum atomic E-state index is 12.2. The summed E-state index contributed by atoms with van der Waals surface area (Å²) >= 11 is 0. The summed E-state index contributed by atoms with van der Waals surface area (Å²) in [6.07, 6.45) is 2.03. The van der Waals surface area contributed by atoms with Crippen molar-refractivity contribution in [2.75, 3.05) is 6.54 Å². The van der Waals surface area contributed by atoms with E-state index in [2.05, 4.69) is 18.8 Å². The van der Waals surface area contributed by atoms with Gasteiger partial charge in [-0.05, 0) is 32.8 Å². The number of aromatic amines is 1. The topological polar surface area (TPSA) is 53.2 Å². The van der Waals surface area contributed by atoms with Crippen molar-refractivity contribution in [1.82, 2.24) is 9.88 Å². The lowest BCUT2D eigenvalue weighted by molar-refractivity contribution is 0.0645. The molecule has 1 fully saturated rings. The number of hydrogen-bond acceptors (Lipinski definition) is 2. The van der Waals surface area contributed by atoms with E-state index >= 15 is 0 Å². The van der Waals surface area contributed by atoms with Crippen LogP contribution in [0.2, 0.25) is 0 Å². The third kappa shape index (κ3) is 1.87. The van der Waals surface area contributed by atoms with Gasteiger partial charge in [-0.1, -0.05) is 6.07 Å². The average molecular weight is 220 g/mol. The maximum absolute atomic E-state index is 12.2. The van der Waals surface area contributed by atoms with Crippen LogP contribution in [0.5, 0.6) is 0 Å². The number of likely N-dealkylation sites (tertiary alicyclic amines) is 1. The van der Waals surface area contributed by atoms with E-state index in [4.69, 9.17) is 0 Å². The van der Waals surface area contributed by atoms with Crippen LogP contribution in [0.15, 0.2) is 23.0 Å². The molecule has 1 aromatic heterocycles. The Labute approximate surface area is 94.3 Å². The van der Waals surface area contributed by atoms with E-state index in [9.17, 15) is 9.59 Å². The van der Waals surface area contributed by atoms with Crippen molar-refractivity contribution >= 4 is 5.91 Å². The standard InChI is InChI=1S/C12H16N2O2/c1-12(2)7-4-8-14(12)11(16)9-5-3-6-10(15)13-9/h3,5-6H,4,7-8H2,1-2H3,(H,13,15). The van der Waals surface area contributed by atoms with Crippen molar-refractivity contribution < 1.29 is 4.79 Å². The fourth-order valence-electron chi connectivity index (χ4n) is 2.20. The Kier molecular flexibility index (Phi) is 2.58. The van der Waals surface area contributed by atoms with Gasteiger partial charge in [-0.15, -0.1) is 0 Å². The molecule has 0 unspecified atom stereocenters. The molecule has 0 bridgehead atoms. The first-order valence-corrected chi connectivity index (χ1v) is 5.52. The van der Waals surface area contributed by atoms with Crippen molar-refractivity contribution in [3.63, 3.8) is 0 Å². The number of rotatable bonds is 1. The number of carbonyl (C=O) groups is 1. The van der Waals surface area contributed by atoms with Crippen molar-refractivity contribution in [2.24, 2.45) is 0 Å². The molecule has 4 heteroatoms. The smallest absolute Gasteiger partial charge is 0.270 e. The lowest BCUT2D eigenvalue weighted by atomic mass is 10.0. The molecule has 2 rings (SSSR count). The first-order valence-electron chi connectivity index (χ1n) is 5.52. The highest BCUT2D eigenvalue weighted by molar-refractivity contribution is 5.92. The molecule has 0 spiro atoms. The van der Waals surface area contributed by atoms with Gasteiger partial charge in [-0.2, -0.15) is 0 Å². The first kappa shape index (κ1) is 10.9. The van der Waals surface area contributed by atoms with Gasteiger partial charge < -0.3 is 9.88 Å². The number of hydrogen-bond donors (Lipinski definition) is 1. The zero-order valence-electron chi connectivity index (χ0n) is 9.62. The summed E-state index contributed by atoms with van der Waals surface area (Å²) in [6.45, 7) is 4.88. The Morgan fingerprint density at radius 2 is 2.19 bits per heavy atom. The van der Waals surface area contributed by atoms with Crippen molar-refractivity contribution in [3.8, 4) is 0 Å². The van der Waals surface area contributed by atoms with Crippen LogP contribution in [-0.2, 0) is 0 Å². The molecule has 0 saturated carbocycles.